The Morgan fingerprint density at radius 2 is 2.18 bits per heavy atom. The fraction of sp³-hybridized carbons (Fsp3) is 0.444. The molecule has 0 heterocycles. The minimum atomic E-state index is -0.314. The first-order chi connectivity index (χ1) is 5.31. The van der Waals surface area contributed by atoms with Crippen LogP contribution in [-0.4, -0.2) is 13.1 Å². The molecular weight excluding hydrogens is 140 g/mol. The SMILES string of the molecule is CCC/C=C/C=C/C(=O)OC. The maximum absolute atomic E-state index is 10.5. The summed E-state index contributed by atoms with van der Waals surface area (Å²) in [6.45, 7) is 2.11. The summed E-state index contributed by atoms with van der Waals surface area (Å²) >= 11 is 0. The van der Waals surface area contributed by atoms with Gasteiger partial charge in [0.15, 0.2) is 0 Å². The standard InChI is InChI=1S/C9H14O2/c1-3-4-5-6-7-8-9(10)11-2/h5-8H,3-4H2,1-2H3/b6-5+,8-7+. The van der Waals surface area contributed by atoms with Crippen molar-refractivity contribution in [1.29, 1.82) is 0 Å². The van der Waals surface area contributed by atoms with Crippen LogP contribution in [0.1, 0.15) is 19.8 Å². The summed E-state index contributed by atoms with van der Waals surface area (Å²) in [6, 6.07) is 0. The van der Waals surface area contributed by atoms with Crippen LogP contribution in [0.5, 0.6) is 0 Å². The molecule has 0 aliphatic rings. The lowest BCUT2D eigenvalue weighted by Crippen LogP contribution is -1.92. The minimum Gasteiger partial charge on any atom is -0.466 e. The number of carbonyl (C=O) groups is 1. The van der Waals surface area contributed by atoms with Gasteiger partial charge in [0, 0.05) is 6.08 Å². The second-order valence-electron chi connectivity index (χ2n) is 2.10. The van der Waals surface area contributed by atoms with Gasteiger partial charge in [-0.25, -0.2) is 4.79 Å². The van der Waals surface area contributed by atoms with Crippen molar-refractivity contribution in [1.82, 2.24) is 0 Å². The molecule has 0 rings (SSSR count). The Labute approximate surface area is 67.6 Å². The molecule has 0 saturated heterocycles. The molecule has 2 heteroatoms. The first-order valence-electron chi connectivity index (χ1n) is 3.72. The molecule has 0 unspecified atom stereocenters. The van der Waals surface area contributed by atoms with E-state index in [2.05, 4.69) is 11.7 Å². The molecule has 0 aliphatic carbocycles. The third-order valence-electron chi connectivity index (χ3n) is 1.14. The van der Waals surface area contributed by atoms with Crippen LogP contribution in [0, 0.1) is 0 Å². The molecule has 0 aromatic heterocycles. The molecule has 2 nitrogen and oxygen atoms in total. The average Bonchev–Trinajstić information content (AvgIpc) is 2.04. The number of methoxy groups -OCH3 is 1. The van der Waals surface area contributed by atoms with E-state index >= 15 is 0 Å². The highest BCUT2D eigenvalue weighted by Crippen LogP contribution is 1.88. The average molecular weight is 154 g/mol. The lowest BCUT2D eigenvalue weighted by Gasteiger charge is -1.86. The third-order valence-corrected chi connectivity index (χ3v) is 1.14. The fourth-order valence-corrected chi connectivity index (χ4v) is 0.544. The molecule has 0 aromatic carbocycles. The summed E-state index contributed by atoms with van der Waals surface area (Å²) < 4.78 is 4.40. The molecule has 0 spiro atoms. The minimum absolute atomic E-state index is 0.314. The summed E-state index contributed by atoms with van der Waals surface area (Å²) in [6.07, 6.45) is 9.11. The quantitative estimate of drug-likeness (QED) is 0.352. The van der Waals surface area contributed by atoms with E-state index in [0.717, 1.165) is 12.8 Å². The first kappa shape index (κ1) is 9.95. The number of allylic oxidation sites excluding steroid dienone is 3. The predicted molar refractivity (Wildman–Crippen MR) is 45.2 cm³/mol. The molecule has 0 aliphatic heterocycles. The van der Waals surface area contributed by atoms with Crippen molar-refractivity contribution in [2.24, 2.45) is 0 Å². The number of unbranched alkanes of at least 4 members (excludes halogenated alkanes) is 1. The normalized spacial score (nSPS) is 11.1. The van der Waals surface area contributed by atoms with E-state index in [1.54, 1.807) is 6.08 Å². The zero-order valence-electron chi connectivity index (χ0n) is 7.04. The lowest BCUT2D eigenvalue weighted by molar-refractivity contribution is -0.134. The number of hydrogen-bond donors (Lipinski definition) is 0. The van der Waals surface area contributed by atoms with Crippen LogP contribution < -0.4 is 0 Å². The molecule has 0 aromatic rings. The third kappa shape index (κ3) is 6.84. The molecule has 62 valence electrons. The number of esters is 1. The highest BCUT2D eigenvalue weighted by molar-refractivity contribution is 5.82. The van der Waals surface area contributed by atoms with Crippen molar-refractivity contribution in [3.8, 4) is 0 Å². The zero-order valence-corrected chi connectivity index (χ0v) is 7.04. The Bertz CT molecular complexity index is 157. The van der Waals surface area contributed by atoms with E-state index in [9.17, 15) is 4.79 Å². The Morgan fingerprint density at radius 3 is 2.73 bits per heavy atom. The largest absolute Gasteiger partial charge is 0.466 e. The molecule has 0 bridgehead atoms. The Morgan fingerprint density at radius 1 is 1.45 bits per heavy atom. The van der Waals surface area contributed by atoms with E-state index < -0.39 is 0 Å². The second-order valence-corrected chi connectivity index (χ2v) is 2.10. The van der Waals surface area contributed by atoms with Gasteiger partial charge in [0.1, 0.15) is 0 Å². The highest BCUT2D eigenvalue weighted by Gasteiger charge is 1.85. The van der Waals surface area contributed by atoms with Gasteiger partial charge >= 0.3 is 5.97 Å². The monoisotopic (exact) mass is 154 g/mol. The van der Waals surface area contributed by atoms with Crippen LogP contribution >= 0.6 is 0 Å². The highest BCUT2D eigenvalue weighted by atomic mass is 16.5. The van der Waals surface area contributed by atoms with Crippen molar-refractivity contribution < 1.29 is 9.53 Å². The fourth-order valence-electron chi connectivity index (χ4n) is 0.544. The van der Waals surface area contributed by atoms with Crippen LogP contribution in [0.15, 0.2) is 24.3 Å². The number of rotatable bonds is 4. The van der Waals surface area contributed by atoms with Crippen LogP contribution in [-0.2, 0) is 9.53 Å². The molecule has 0 fully saturated rings. The molecule has 0 atom stereocenters. The Hall–Kier alpha value is -1.05. The van der Waals surface area contributed by atoms with Gasteiger partial charge < -0.3 is 4.74 Å². The van der Waals surface area contributed by atoms with Crippen LogP contribution in [0.25, 0.3) is 0 Å². The topological polar surface area (TPSA) is 26.3 Å². The van der Waals surface area contributed by atoms with Crippen LogP contribution in [0.4, 0.5) is 0 Å². The summed E-state index contributed by atoms with van der Waals surface area (Å²) in [7, 11) is 1.36. The number of carbonyl (C=O) groups excluding carboxylic acids is 1. The summed E-state index contributed by atoms with van der Waals surface area (Å²) in [5.74, 6) is -0.314. The van der Waals surface area contributed by atoms with Crippen molar-refractivity contribution in [3.63, 3.8) is 0 Å². The molecule has 0 N–H and O–H groups in total. The molecule has 11 heavy (non-hydrogen) atoms. The summed E-state index contributed by atoms with van der Waals surface area (Å²) in [4.78, 5) is 10.5. The Kier molecular flexibility index (Phi) is 6.39. The van der Waals surface area contributed by atoms with Crippen molar-refractivity contribution >= 4 is 5.97 Å². The van der Waals surface area contributed by atoms with E-state index in [1.807, 2.05) is 12.2 Å². The molecule has 0 saturated carbocycles. The number of hydrogen-bond acceptors (Lipinski definition) is 2. The van der Waals surface area contributed by atoms with Gasteiger partial charge in [-0.15, -0.1) is 0 Å². The molecule has 0 radical (unpaired) electrons. The van der Waals surface area contributed by atoms with E-state index in [-0.39, 0.29) is 5.97 Å². The molecule has 0 amide bonds. The van der Waals surface area contributed by atoms with Gasteiger partial charge in [0.2, 0.25) is 0 Å². The van der Waals surface area contributed by atoms with Gasteiger partial charge in [0.05, 0.1) is 7.11 Å². The molecular formula is C9H14O2. The summed E-state index contributed by atoms with van der Waals surface area (Å²) in [5.41, 5.74) is 0. The Balaban J connectivity index is 3.50. The van der Waals surface area contributed by atoms with Crippen LogP contribution in [0.2, 0.25) is 0 Å². The predicted octanol–water partition coefficient (Wildman–Crippen LogP) is 2.07. The van der Waals surface area contributed by atoms with E-state index in [0.29, 0.717) is 0 Å². The zero-order chi connectivity index (χ0) is 8.53. The van der Waals surface area contributed by atoms with Gasteiger partial charge in [-0.1, -0.05) is 31.6 Å². The van der Waals surface area contributed by atoms with Gasteiger partial charge in [-0.2, -0.15) is 0 Å². The van der Waals surface area contributed by atoms with Gasteiger partial charge in [-0.05, 0) is 6.42 Å². The van der Waals surface area contributed by atoms with Crippen molar-refractivity contribution in [2.45, 2.75) is 19.8 Å². The maximum atomic E-state index is 10.5. The maximum Gasteiger partial charge on any atom is 0.330 e. The van der Waals surface area contributed by atoms with Gasteiger partial charge in [-0.3, -0.25) is 0 Å². The number of ether oxygens (including phenoxy) is 1. The van der Waals surface area contributed by atoms with Crippen molar-refractivity contribution in [3.05, 3.63) is 24.3 Å². The first-order valence-corrected chi connectivity index (χ1v) is 3.72. The lowest BCUT2D eigenvalue weighted by atomic mass is 10.3. The van der Waals surface area contributed by atoms with Crippen molar-refractivity contribution in [2.75, 3.05) is 7.11 Å². The summed E-state index contributed by atoms with van der Waals surface area (Å²) in [5, 5.41) is 0. The second kappa shape index (κ2) is 7.06. The van der Waals surface area contributed by atoms with E-state index in [4.69, 9.17) is 0 Å². The van der Waals surface area contributed by atoms with Gasteiger partial charge in [0.25, 0.3) is 0 Å². The van der Waals surface area contributed by atoms with Crippen LogP contribution in [0.3, 0.4) is 0 Å². The smallest absolute Gasteiger partial charge is 0.330 e. The van der Waals surface area contributed by atoms with E-state index in [1.165, 1.54) is 13.2 Å².